The van der Waals surface area contributed by atoms with E-state index in [0.717, 1.165) is 89.4 Å². The topological polar surface area (TPSA) is 207 Å². The number of hydrogen-bond acceptors (Lipinski definition) is 9. The highest BCUT2D eigenvalue weighted by atomic mass is 16.5. The molecule has 2 aliphatic carbocycles. The lowest BCUT2D eigenvalue weighted by molar-refractivity contribution is -0.134. The molecule has 3 heterocycles. The Labute approximate surface area is 366 Å². The van der Waals surface area contributed by atoms with Gasteiger partial charge in [-0.15, -0.1) is 0 Å². The lowest BCUT2D eigenvalue weighted by Gasteiger charge is -2.28. The number of alkyl carbamates (subject to hydrolysis) is 2. The monoisotopic (exact) mass is 853 g/mol. The Hall–Kier alpha value is -6.69. The highest BCUT2D eigenvalue weighted by Crippen LogP contribution is 2.58. The van der Waals surface area contributed by atoms with E-state index in [1.807, 2.05) is 31.1 Å². The fourth-order valence-electron chi connectivity index (χ4n) is 9.33. The molecule has 2 saturated carbocycles. The first-order valence-corrected chi connectivity index (χ1v) is 21.9. The van der Waals surface area contributed by atoms with E-state index >= 15 is 0 Å². The number of methoxy groups -OCH3 is 2. The number of nitrogens with one attached hydrogen (secondary N) is 5. The quantitative estimate of drug-likeness (QED) is 0.0730. The highest BCUT2D eigenvalue weighted by molar-refractivity contribution is 5.91. The Bertz CT molecular complexity index is 2510. The second-order valence-electron chi connectivity index (χ2n) is 17.7. The summed E-state index contributed by atoms with van der Waals surface area (Å²) in [5, 5.41) is 19.9. The Morgan fingerprint density at radius 1 is 0.825 bits per heavy atom. The molecule has 3 aliphatic rings. The molecule has 63 heavy (non-hydrogen) atoms. The van der Waals surface area contributed by atoms with Gasteiger partial charge in [0.05, 0.1) is 56.2 Å². The molecule has 5 N–H and O–H groups in total. The van der Waals surface area contributed by atoms with Crippen LogP contribution in [0.25, 0.3) is 44.4 Å². The fourth-order valence-corrected chi connectivity index (χ4v) is 9.33. The first-order chi connectivity index (χ1) is 30.5. The predicted octanol–water partition coefficient (Wildman–Crippen LogP) is 8.10. The molecule has 4 amide bonds. The number of aromatic amines is 2. The second-order valence-corrected chi connectivity index (χ2v) is 17.7. The molecule has 5 aromatic rings. The van der Waals surface area contributed by atoms with Crippen LogP contribution < -0.4 is 16.0 Å². The van der Waals surface area contributed by atoms with Gasteiger partial charge in [0.2, 0.25) is 11.8 Å². The van der Waals surface area contributed by atoms with Crippen LogP contribution in [0.3, 0.4) is 0 Å². The summed E-state index contributed by atoms with van der Waals surface area (Å²) in [6.45, 7) is 4.36. The lowest BCUT2D eigenvalue weighted by Crippen LogP contribution is -2.51. The van der Waals surface area contributed by atoms with Crippen molar-refractivity contribution in [1.82, 2.24) is 40.8 Å². The van der Waals surface area contributed by atoms with Crippen LogP contribution in [-0.4, -0.2) is 81.7 Å². The number of hydrogen-bond donors (Lipinski definition) is 5. The number of aromatic nitrogens is 4. The molecule has 15 heteroatoms. The van der Waals surface area contributed by atoms with Crippen LogP contribution >= 0.6 is 0 Å². The van der Waals surface area contributed by atoms with E-state index in [4.69, 9.17) is 19.4 Å². The van der Waals surface area contributed by atoms with Gasteiger partial charge in [-0.05, 0) is 95.4 Å². The third-order valence-electron chi connectivity index (χ3n) is 13.1. The van der Waals surface area contributed by atoms with Crippen LogP contribution in [0.15, 0.2) is 73.1 Å². The summed E-state index contributed by atoms with van der Waals surface area (Å²) in [5.74, 6) is 1.00. The SMILES string of the molecule is COC(=O)N[C@@H](CCC#N)C(=O)N1CC2(CC2)C[C@H]1c1ncc(-c2ccc3cc(-c4ccc(-c5cnc([C@@H](NC(=O)[C@@H](NC(=O)OC)C(C)C)C6CCCC6)[nH]5)cc4)ccc3c2)[nH]1. The first-order valence-electron chi connectivity index (χ1n) is 21.9. The molecule has 3 fully saturated rings. The van der Waals surface area contributed by atoms with Crippen molar-refractivity contribution in [2.45, 2.75) is 95.8 Å². The fraction of sp³-hybridized carbons (Fsp3) is 0.438. The molecule has 0 bridgehead atoms. The van der Waals surface area contributed by atoms with E-state index in [9.17, 15) is 24.4 Å². The van der Waals surface area contributed by atoms with Crippen molar-refractivity contribution < 1.29 is 28.7 Å². The zero-order valence-corrected chi connectivity index (χ0v) is 36.2. The van der Waals surface area contributed by atoms with Crippen LogP contribution in [0, 0.1) is 28.6 Å². The number of carbonyl (C=O) groups is 4. The summed E-state index contributed by atoms with van der Waals surface area (Å²) in [6.07, 6.45) is 9.64. The summed E-state index contributed by atoms with van der Waals surface area (Å²) in [6, 6.07) is 20.9. The van der Waals surface area contributed by atoms with Gasteiger partial charge in [-0.1, -0.05) is 75.2 Å². The van der Waals surface area contributed by atoms with Gasteiger partial charge in [0, 0.05) is 18.5 Å². The van der Waals surface area contributed by atoms with E-state index in [2.05, 4.69) is 92.7 Å². The number of rotatable bonds is 14. The van der Waals surface area contributed by atoms with Gasteiger partial charge in [0.15, 0.2) is 0 Å². The zero-order valence-electron chi connectivity index (χ0n) is 36.2. The molecule has 1 saturated heterocycles. The van der Waals surface area contributed by atoms with Crippen molar-refractivity contribution in [2.24, 2.45) is 17.3 Å². The van der Waals surface area contributed by atoms with Crippen LogP contribution in [0.5, 0.6) is 0 Å². The highest BCUT2D eigenvalue weighted by Gasteiger charge is 2.55. The van der Waals surface area contributed by atoms with Crippen molar-refractivity contribution >= 4 is 34.8 Å². The van der Waals surface area contributed by atoms with Crippen LogP contribution in [-0.2, 0) is 19.1 Å². The lowest BCUT2D eigenvalue weighted by atomic mass is 9.96. The van der Waals surface area contributed by atoms with E-state index in [1.165, 1.54) is 14.2 Å². The van der Waals surface area contributed by atoms with Gasteiger partial charge < -0.3 is 40.3 Å². The number of ether oxygens (including phenoxy) is 2. The molecular weight excluding hydrogens is 799 g/mol. The van der Waals surface area contributed by atoms with Gasteiger partial charge in [-0.2, -0.15) is 5.26 Å². The molecule has 2 aromatic heterocycles. The predicted molar refractivity (Wildman–Crippen MR) is 236 cm³/mol. The number of amides is 4. The zero-order chi connectivity index (χ0) is 44.3. The molecule has 1 aliphatic heterocycles. The van der Waals surface area contributed by atoms with Crippen molar-refractivity contribution in [3.8, 4) is 39.7 Å². The first kappa shape index (κ1) is 43.0. The minimum Gasteiger partial charge on any atom is -0.453 e. The Morgan fingerprint density at radius 3 is 2.11 bits per heavy atom. The van der Waals surface area contributed by atoms with Gasteiger partial charge in [-0.25, -0.2) is 19.6 Å². The largest absolute Gasteiger partial charge is 0.453 e. The van der Waals surface area contributed by atoms with Gasteiger partial charge in [0.25, 0.3) is 0 Å². The third-order valence-corrected chi connectivity index (χ3v) is 13.1. The molecule has 1 spiro atoms. The van der Waals surface area contributed by atoms with E-state index in [0.29, 0.717) is 18.2 Å². The molecule has 15 nitrogen and oxygen atoms in total. The Morgan fingerprint density at radius 2 is 1.44 bits per heavy atom. The van der Waals surface area contributed by atoms with Crippen LogP contribution in [0.2, 0.25) is 0 Å². The van der Waals surface area contributed by atoms with Gasteiger partial charge in [-0.3, -0.25) is 9.59 Å². The Balaban J connectivity index is 0.958. The summed E-state index contributed by atoms with van der Waals surface area (Å²) < 4.78 is 9.54. The molecule has 328 valence electrons. The molecule has 3 aromatic carbocycles. The van der Waals surface area contributed by atoms with E-state index in [1.54, 1.807) is 0 Å². The molecular formula is C48H55N9O6. The number of nitrogens with zero attached hydrogens (tertiary/aromatic N) is 4. The van der Waals surface area contributed by atoms with Crippen LogP contribution in [0.4, 0.5) is 9.59 Å². The van der Waals surface area contributed by atoms with Gasteiger partial charge in [0.1, 0.15) is 23.7 Å². The van der Waals surface area contributed by atoms with Gasteiger partial charge >= 0.3 is 12.2 Å². The number of imidazole rings is 2. The number of carbonyl (C=O) groups excluding carboxylic acids is 4. The Kier molecular flexibility index (Phi) is 12.5. The maximum absolute atomic E-state index is 13.9. The average Bonchev–Trinajstić information content (AvgIpc) is 3.87. The van der Waals surface area contributed by atoms with E-state index in [-0.39, 0.29) is 54.0 Å². The number of nitriles is 1. The summed E-state index contributed by atoms with van der Waals surface area (Å²) in [4.78, 5) is 69.8. The molecule has 0 radical (unpaired) electrons. The van der Waals surface area contributed by atoms with Crippen molar-refractivity contribution in [1.29, 1.82) is 5.26 Å². The minimum atomic E-state index is -0.860. The number of likely N-dealkylation sites (tertiary alicyclic amines) is 1. The summed E-state index contributed by atoms with van der Waals surface area (Å²) in [5.41, 5.74) is 5.85. The summed E-state index contributed by atoms with van der Waals surface area (Å²) in [7, 11) is 2.54. The van der Waals surface area contributed by atoms with E-state index < -0.39 is 24.3 Å². The molecule has 4 atom stereocenters. The maximum atomic E-state index is 13.9. The summed E-state index contributed by atoms with van der Waals surface area (Å²) >= 11 is 0. The second kappa shape index (κ2) is 18.3. The normalized spacial score (nSPS) is 18.2. The number of H-pyrrole nitrogens is 2. The number of benzene rings is 3. The molecule has 8 rings (SSSR count). The van der Waals surface area contributed by atoms with Crippen LogP contribution in [0.1, 0.15) is 95.4 Å². The standard InChI is InChI=1S/C48H55N9O6/c1-28(2)40(56-47(61)63-4)44(58)55-41(31-8-5-6-9-31)43-51-25-37(53-43)30-13-11-29(12-14-30)32-15-16-34-23-35(18-17-33(34)22-32)38-26-50-42(52-38)39-24-48(19-20-48)27-57(39)45(59)36(10-7-21-49)54-46(60)62-3/h11-18,22-23,25-26,28,31,36,39-41H,5-10,19-20,24,27H2,1-4H3,(H,50,52)(H,51,53)(H,54,60)(H,55,58)(H,56,61)/t36-,39-,40-,41-/m0/s1. The maximum Gasteiger partial charge on any atom is 0.407 e. The number of fused-ring (bicyclic) bond motifs is 1. The minimum absolute atomic E-state index is 0.0612. The van der Waals surface area contributed by atoms with Crippen molar-refractivity contribution in [3.05, 3.63) is 84.7 Å². The van der Waals surface area contributed by atoms with Crippen molar-refractivity contribution in [3.63, 3.8) is 0 Å². The average molecular weight is 854 g/mol. The van der Waals surface area contributed by atoms with Crippen molar-refractivity contribution in [2.75, 3.05) is 20.8 Å². The molecule has 0 unspecified atom stereocenters. The third kappa shape index (κ3) is 9.40. The smallest absolute Gasteiger partial charge is 0.407 e.